The molecule has 0 saturated carbocycles. The van der Waals surface area contributed by atoms with Crippen molar-refractivity contribution in [3.8, 4) is 28.4 Å². The zero-order chi connectivity index (χ0) is 21.0. The Labute approximate surface area is 174 Å². The minimum atomic E-state index is -1.03. The standard InChI is InChI=1S/C22H22ClN3O3/c1-22(2,28)13-24-21(27)19-12-18(14-4-8-16(23)9-5-14)25-20(26-19)15-6-10-17(29-3)11-7-15/h4-12,28H,13H2,1-3H3,(H,24,27). The van der Waals surface area contributed by atoms with Crippen molar-refractivity contribution in [2.75, 3.05) is 13.7 Å². The molecule has 6 nitrogen and oxygen atoms in total. The van der Waals surface area contributed by atoms with E-state index in [4.69, 9.17) is 16.3 Å². The molecule has 3 aromatic rings. The molecule has 0 spiro atoms. The lowest BCUT2D eigenvalue weighted by Gasteiger charge is -2.17. The van der Waals surface area contributed by atoms with Crippen molar-refractivity contribution in [1.82, 2.24) is 15.3 Å². The number of rotatable bonds is 6. The van der Waals surface area contributed by atoms with Gasteiger partial charge < -0.3 is 15.2 Å². The number of methoxy groups -OCH3 is 1. The molecule has 1 heterocycles. The van der Waals surface area contributed by atoms with Crippen LogP contribution in [-0.4, -0.2) is 40.2 Å². The van der Waals surface area contributed by atoms with Gasteiger partial charge in [0.2, 0.25) is 0 Å². The predicted molar refractivity (Wildman–Crippen MR) is 113 cm³/mol. The Hall–Kier alpha value is -2.96. The van der Waals surface area contributed by atoms with E-state index in [1.54, 1.807) is 39.2 Å². The van der Waals surface area contributed by atoms with Crippen LogP contribution in [0.4, 0.5) is 0 Å². The van der Waals surface area contributed by atoms with Crippen molar-refractivity contribution in [2.24, 2.45) is 0 Å². The summed E-state index contributed by atoms with van der Waals surface area (Å²) in [6, 6.07) is 16.1. The first kappa shape index (κ1) is 20.8. The second-order valence-electron chi connectivity index (χ2n) is 7.19. The van der Waals surface area contributed by atoms with Crippen molar-refractivity contribution >= 4 is 17.5 Å². The van der Waals surface area contributed by atoms with Gasteiger partial charge in [0, 0.05) is 22.7 Å². The second-order valence-corrected chi connectivity index (χ2v) is 7.63. The van der Waals surface area contributed by atoms with Gasteiger partial charge >= 0.3 is 0 Å². The van der Waals surface area contributed by atoms with Crippen molar-refractivity contribution < 1.29 is 14.6 Å². The van der Waals surface area contributed by atoms with Crippen LogP contribution in [-0.2, 0) is 0 Å². The fourth-order valence-corrected chi connectivity index (χ4v) is 2.71. The van der Waals surface area contributed by atoms with Gasteiger partial charge in [-0.3, -0.25) is 4.79 Å². The highest BCUT2D eigenvalue weighted by molar-refractivity contribution is 6.30. The van der Waals surface area contributed by atoms with Gasteiger partial charge in [-0.2, -0.15) is 0 Å². The number of aliphatic hydroxyl groups is 1. The van der Waals surface area contributed by atoms with Gasteiger partial charge in [0.1, 0.15) is 11.4 Å². The van der Waals surface area contributed by atoms with Gasteiger partial charge in [0.15, 0.2) is 5.82 Å². The molecule has 0 bridgehead atoms. The minimum absolute atomic E-state index is 0.101. The van der Waals surface area contributed by atoms with Gasteiger partial charge in [-0.1, -0.05) is 23.7 Å². The number of halogens is 1. The lowest BCUT2D eigenvalue weighted by molar-refractivity contribution is 0.0692. The molecular weight excluding hydrogens is 390 g/mol. The number of amides is 1. The molecule has 0 aliphatic rings. The molecule has 3 rings (SSSR count). The van der Waals surface area contributed by atoms with Gasteiger partial charge in [0.25, 0.3) is 5.91 Å². The van der Waals surface area contributed by atoms with Crippen molar-refractivity contribution in [3.05, 3.63) is 65.3 Å². The molecule has 0 radical (unpaired) electrons. The number of hydrogen-bond donors (Lipinski definition) is 2. The van der Waals surface area contributed by atoms with Crippen LogP contribution in [0.5, 0.6) is 5.75 Å². The Morgan fingerprint density at radius 2 is 1.69 bits per heavy atom. The van der Waals surface area contributed by atoms with Gasteiger partial charge in [-0.05, 0) is 56.3 Å². The number of carbonyl (C=O) groups excluding carboxylic acids is 1. The molecule has 2 N–H and O–H groups in total. The number of hydrogen-bond acceptors (Lipinski definition) is 5. The maximum Gasteiger partial charge on any atom is 0.270 e. The highest BCUT2D eigenvalue weighted by atomic mass is 35.5. The molecule has 0 atom stereocenters. The van der Waals surface area contributed by atoms with Crippen LogP contribution in [0.3, 0.4) is 0 Å². The summed E-state index contributed by atoms with van der Waals surface area (Å²) in [6.07, 6.45) is 0. The third-order valence-electron chi connectivity index (χ3n) is 4.13. The van der Waals surface area contributed by atoms with Crippen LogP contribution in [0.25, 0.3) is 22.6 Å². The molecule has 0 aliphatic carbocycles. The maximum absolute atomic E-state index is 12.7. The van der Waals surface area contributed by atoms with Crippen LogP contribution >= 0.6 is 11.6 Å². The largest absolute Gasteiger partial charge is 0.497 e. The Bertz CT molecular complexity index is 997. The monoisotopic (exact) mass is 411 g/mol. The molecule has 7 heteroatoms. The Morgan fingerprint density at radius 1 is 1.07 bits per heavy atom. The van der Waals surface area contributed by atoms with E-state index < -0.39 is 5.60 Å². The number of benzene rings is 2. The van der Waals surface area contributed by atoms with Gasteiger partial charge in [-0.15, -0.1) is 0 Å². The van der Waals surface area contributed by atoms with E-state index in [1.807, 2.05) is 36.4 Å². The molecule has 1 aromatic heterocycles. The topological polar surface area (TPSA) is 84.3 Å². The first-order valence-electron chi connectivity index (χ1n) is 9.05. The average Bonchev–Trinajstić information content (AvgIpc) is 2.71. The highest BCUT2D eigenvalue weighted by Gasteiger charge is 2.18. The smallest absolute Gasteiger partial charge is 0.270 e. The first-order chi connectivity index (χ1) is 13.7. The summed E-state index contributed by atoms with van der Waals surface area (Å²) in [4.78, 5) is 21.7. The summed E-state index contributed by atoms with van der Waals surface area (Å²) < 4.78 is 5.19. The first-order valence-corrected chi connectivity index (χ1v) is 9.43. The SMILES string of the molecule is COc1ccc(-c2nc(C(=O)NCC(C)(C)O)cc(-c3ccc(Cl)cc3)n2)cc1. The van der Waals surface area contributed by atoms with E-state index in [0.717, 1.165) is 11.1 Å². The summed E-state index contributed by atoms with van der Waals surface area (Å²) >= 11 is 5.99. The molecule has 1 amide bonds. The fourth-order valence-electron chi connectivity index (χ4n) is 2.59. The van der Waals surface area contributed by atoms with Crippen LogP contribution in [0.15, 0.2) is 54.6 Å². The molecule has 29 heavy (non-hydrogen) atoms. The maximum atomic E-state index is 12.7. The lowest BCUT2D eigenvalue weighted by atomic mass is 10.1. The van der Waals surface area contributed by atoms with E-state index in [-0.39, 0.29) is 18.1 Å². The molecule has 150 valence electrons. The average molecular weight is 412 g/mol. The van der Waals surface area contributed by atoms with Crippen LogP contribution < -0.4 is 10.1 Å². The summed E-state index contributed by atoms with van der Waals surface area (Å²) in [7, 11) is 1.59. The van der Waals surface area contributed by atoms with Crippen molar-refractivity contribution in [1.29, 1.82) is 0 Å². The lowest BCUT2D eigenvalue weighted by Crippen LogP contribution is -2.38. The number of aromatic nitrogens is 2. The number of nitrogens with zero attached hydrogens (tertiary/aromatic N) is 2. The van der Waals surface area contributed by atoms with E-state index in [2.05, 4.69) is 15.3 Å². The summed E-state index contributed by atoms with van der Waals surface area (Å²) in [5.74, 6) is 0.735. The van der Waals surface area contributed by atoms with E-state index in [0.29, 0.717) is 22.3 Å². The summed E-state index contributed by atoms with van der Waals surface area (Å²) in [6.45, 7) is 3.34. The molecule has 2 aromatic carbocycles. The van der Waals surface area contributed by atoms with Gasteiger partial charge in [0.05, 0.1) is 18.4 Å². The van der Waals surface area contributed by atoms with Crippen LogP contribution in [0, 0.1) is 0 Å². The molecule has 0 unspecified atom stereocenters. The third-order valence-corrected chi connectivity index (χ3v) is 4.38. The van der Waals surface area contributed by atoms with E-state index >= 15 is 0 Å². The Kier molecular flexibility index (Phi) is 6.15. The van der Waals surface area contributed by atoms with Crippen LogP contribution in [0.2, 0.25) is 5.02 Å². The molecule has 0 saturated heterocycles. The van der Waals surface area contributed by atoms with E-state index in [9.17, 15) is 9.90 Å². The molecular formula is C22H22ClN3O3. The normalized spacial score (nSPS) is 11.2. The summed E-state index contributed by atoms with van der Waals surface area (Å²) in [5, 5.41) is 13.2. The fraction of sp³-hybridized carbons (Fsp3) is 0.227. The third kappa shape index (κ3) is 5.53. The second kappa shape index (κ2) is 8.59. The number of ether oxygens (including phenoxy) is 1. The molecule has 0 fully saturated rings. The van der Waals surface area contributed by atoms with Gasteiger partial charge in [-0.25, -0.2) is 9.97 Å². The quantitative estimate of drug-likeness (QED) is 0.641. The Morgan fingerprint density at radius 3 is 2.28 bits per heavy atom. The van der Waals surface area contributed by atoms with Crippen LogP contribution in [0.1, 0.15) is 24.3 Å². The number of carbonyl (C=O) groups is 1. The number of nitrogens with one attached hydrogen (secondary N) is 1. The predicted octanol–water partition coefficient (Wildman–Crippen LogP) is 3.97. The minimum Gasteiger partial charge on any atom is -0.497 e. The molecule has 0 aliphatic heterocycles. The van der Waals surface area contributed by atoms with E-state index in [1.165, 1.54) is 0 Å². The Balaban J connectivity index is 2.03. The van der Waals surface area contributed by atoms with Crippen molar-refractivity contribution in [2.45, 2.75) is 19.4 Å². The highest BCUT2D eigenvalue weighted by Crippen LogP contribution is 2.25. The zero-order valence-electron chi connectivity index (χ0n) is 16.4. The summed E-state index contributed by atoms with van der Waals surface area (Å²) in [5.41, 5.74) is 1.33. The zero-order valence-corrected chi connectivity index (χ0v) is 17.2. The van der Waals surface area contributed by atoms with Crippen molar-refractivity contribution in [3.63, 3.8) is 0 Å².